The van der Waals surface area contributed by atoms with Crippen LogP contribution in [0.1, 0.15) is 39.1 Å². The van der Waals surface area contributed by atoms with Crippen molar-refractivity contribution in [3.05, 3.63) is 18.0 Å². The molecule has 4 nitrogen and oxygen atoms in total. The van der Waals surface area contributed by atoms with Crippen molar-refractivity contribution in [1.82, 2.24) is 14.5 Å². The maximum atomic E-state index is 6.03. The second kappa shape index (κ2) is 5.78. The highest BCUT2D eigenvalue weighted by molar-refractivity contribution is 6.16. The van der Waals surface area contributed by atoms with E-state index in [2.05, 4.69) is 35.3 Å². The van der Waals surface area contributed by atoms with Crippen molar-refractivity contribution < 1.29 is 4.74 Å². The van der Waals surface area contributed by atoms with Gasteiger partial charge in [-0.2, -0.15) is 4.98 Å². The first kappa shape index (κ1) is 14.1. The number of hydrogen-bond acceptors (Lipinski definition) is 3. The summed E-state index contributed by atoms with van der Waals surface area (Å²) in [7, 11) is 1.62. The smallest absolute Gasteiger partial charge is 0.215 e. The second-order valence-corrected chi connectivity index (χ2v) is 5.12. The van der Waals surface area contributed by atoms with Crippen molar-refractivity contribution in [1.29, 1.82) is 0 Å². The van der Waals surface area contributed by atoms with Crippen LogP contribution < -0.4 is 4.74 Å². The molecule has 0 amide bonds. The number of fused-ring (bicyclic) bond motifs is 1. The molecule has 0 fully saturated rings. The Kier molecular flexibility index (Phi) is 4.30. The van der Waals surface area contributed by atoms with Gasteiger partial charge in [0.15, 0.2) is 5.65 Å². The minimum atomic E-state index is 0.309. The van der Waals surface area contributed by atoms with Crippen molar-refractivity contribution in [3.63, 3.8) is 0 Å². The summed E-state index contributed by atoms with van der Waals surface area (Å²) in [6.45, 7) is 6.61. The van der Waals surface area contributed by atoms with Crippen molar-refractivity contribution in [2.24, 2.45) is 5.92 Å². The fraction of sp³-hybridized carbons (Fsp3) is 0.571. The quantitative estimate of drug-likeness (QED) is 0.783. The number of aromatic nitrogens is 3. The van der Waals surface area contributed by atoms with Crippen LogP contribution in [0.5, 0.6) is 5.88 Å². The van der Waals surface area contributed by atoms with Crippen LogP contribution in [0.2, 0.25) is 0 Å². The average Bonchev–Trinajstić information content (AvgIpc) is 2.82. The fourth-order valence-electron chi connectivity index (χ4n) is 2.23. The Morgan fingerprint density at radius 1 is 1.32 bits per heavy atom. The van der Waals surface area contributed by atoms with Crippen LogP contribution in [0.15, 0.2) is 12.1 Å². The van der Waals surface area contributed by atoms with Crippen LogP contribution in [0.25, 0.3) is 11.2 Å². The first-order valence-corrected chi connectivity index (χ1v) is 7.13. The summed E-state index contributed by atoms with van der Waals surface area (Å²) in [6, 6.07) is 4.06. The second-order valence-electron chi connectivity index (χ2n) is 4.85. The predicted molar refractivity (Wildman–Crippen MR) is 77.8 cm³/mol. The molecular weight excluding hydrogens is 262 g/mol. The van der Waals surface area contributed by atoms with Gasteiger partial charge in [0.2, 0.25) is 5.88 Å². The summed E-state index contributed by atoms with van der Waals surface area (Å²) in [5, 5.41) is 0. The summed E-state index contributed by atoms with van der Waals surface area (Å²) in [5.41, 5.74) is 1.72. The third kappa shape index (κ3) is 2.54. The minimum Gasteiger partial charge on any atom is -0.481 e. The average molecular weight is 282 g/mol. The van der Waals surface area contributed by atoms with Gasteiger partial charge in [-0.1, -0.05) is 20.3 Å². The normalized spacial score (nSPS) is 14.6. The zero-order chi connectivity index (χ0) is 14.0. The lowest BCUT2D eigenvalue weighted by Crippen LogP contribution is -2.16. The third-order valence-electron chi connectivity index (χ3n) is 3.79. The van der Waals surface area contributed by atoms with Gasteiger partial charge >= 0.3 is 0 Å². The van der Waals surface area contributed by atoms with Crippen molar-refractivity contribution in [3.8, 4) is 5.88 Å². The first-order valence-electron chi connectivity index (χ1n) is 6.60. The van der Waals surface area contributed by atoms with E-state index < -0.39 is 0 Å². The molecule has 0 aliphatic heterocycles. The van der Waals surface area contributed by atoms with Crippen LogP contribution in [0.4, 0.5) is 0 Å². The summed E-state index contributed by atoms with van der Waals surface area (Å²) in [5.74, 6) is 2.39. The van der Waals surface area contributed by atoms with E-state index in [1.807, 2.05) is 12.1 Å². The van der Waals surface area contributed by atoms with E-state index in [0.29, 0.717) is 23.7 Å². The van der Waals surface area contributed by atoms with E-state index in [1.165, 1.54) is 0 Å². The molecule has 0 saturated heterocycles. The van der Waals surface area contributed by atoms with Crippen LogP contribution in [-0.4, -0.2) is 21.6 Å². The molecule has 2 heterocycles. The van der Waals surface area contributed by atoms with Gasteiger partial charge in [0, 0.05) is 12.1 Å². The monoisotopic (exact) mass is 281 g/mol. The third-order valence-corrected chi connectivity index (χ3v) is 4.03. The summed E-state index contributed by atoms with van der Waals surface area (Å²) in [6.07, 6.45) is 1.10. The molecular formula is C14H20ClN3O. The van der Waals surface area contributed by atoms with Crippen LogP contribution in [-0.2, 0) is 5.88 Å². The first-order chi connectivity index (χ1) is 9.12. The highest BCUT2D eigenvalue weighted by atomic mass is 35.5. The molecule has 5 heteroatoms. The Balaban J connectivity index is 2.61. The molecule has 0 radical (unpaired) electrons. The fourth-order valence-corrected chi connectivity index (χ4v) is 2.42. The molecule has 2 aromatic heterocycles. The van der Waals surface area contributed by atoms with E-state index in [-0.39, 0.29) is 0 Å². The van der Waals surface area contributed by atoms with E-state index in [0.717, 1.165) is 23.4 Å². The molecule has 0 aromatic carbocycles. The summed E-state index contributed by atoms with van der Waals surface area (Å²) in [4.78, 5) is 9.08. The van der Waals surface area contributed by atoms with Gasteiger partial charge < -0.3 is 9.30 Å². The number of alkyl halides is 1. The van der Waals surface area contributed by atoms with Crippen LogP contribution in [0.3, 0.4) is 0 Å². The predicted octanol–water partition coefficient (Wildman–Crippen LogP) is 3.79. The zero-order valence-corrected chi connectivity index (χ0v) is 12.6. The molecule has 19 heavy (non-hydrogen) atoms. The molecule has 0 saturated carbocycles. The molecule has 2 unspecified atom stereocenters. The molecule has 2 atom stereocenters. The zero-order valence-electron chi connectivity index (χ0n) is 11.9. The minimum absolute atomic E-state index is 0.309. The van der Waals surface area contributed by atoms with Crippen LogP contribution >= 0.6 is 11.6 Å². The summed E-state index contributed by atoms with van der Waals surface area (Å²) >= 11 is 6.03. The van der Waals surface area contributed by atoms with Crippen LogP contribution in [0, 0.1) is 5.92 Å². The van der Waals surface area contributed by atoms with E-state index in [1.54, 1.807) is 7.11 Å². The molecule has 2 rings (SSSR count). The van der Waals surface area contributed by atoms with Gasteiger partial charge in [0.05, 0.1) is 13.0 Å². The van der Waals surface area contributed by atoms with E-state index >= 15 is 0 Å². The topological polar surface area (TPSA) is 39.9 Å². The Labute approximate surface area is 118 Å². The number of nitrogens with zero attached hydrogens (tertiary/aromatic N) is 3. The Bertz CT molecular complexity index is 567. The Morgan fingerprint density at radius 2 is 2.05 bits per heavy atom. The number of rotatable bonds is 5. The maximum Gasteiger partial charge on any atom is 0.215 e. The molecule has 2 aromatic rings. The summed E-state index contributed by atoms with van der Waals surface area (Å²) < 4.78 is 7.34. The lowest BCUT2D eigenvalue weighted by atomic mass is 10.0. The Morgan fingerprint density at radius 3 is 2.63 bits per heavy atom. The number of ether oxygens (including phenoxy) is 1. The van der Waals surface area contributed by atoms with Crippen molar-refractivity contribution in [2.45, 2.75) is 39.1 Å². The maximum absolute atomic E-state index is 6.03. The highest BCUT2D eigenvalue weighted by Gasteiger charge is 2.20. The lowest BCUT2D eigenvalue weighted by molar-refractivity contribution is 0.367. The molecule has 0 aliphatic carbocycles. The largest absolute Gasteiger partial charge is 0.481 e. The highest BCUT2D eigenvalue weighted by Crippen LogP contribution is 2.28. The van der Waals surface area contributed by atoms with E-state index in [4.69, 9.17) is 16.3 Å². The molecule has 0 aliphatic rings. The molecule has 0 bridgehead atoms. The lowest BCUT2D eigenvalue weighted by Gasteiger charge is -2.22. The van der Waals surface area contributed by atoms with Gasteiger partial charge in [-0.25, -0.2) is 4.98 Å². The molecule has 104 valence electrons. The van der Waals surface area contributed by atoms with Crippen molar-refractivity contribution >= 4 is 22.8 Å². The number of hydrogen-bond donors (Lipinski definition) is 0. The van der Waals surface area contributed by atoms with E-state index in [9.17, 15) is 0 Å². The van der Waals surface area contributed by atoms with Gasteiger partial charge in [0.1, 0.15) is 11.3 Å². The number of imidazole rings is 1. The number of methoxy groups -OCH3 is 1. The molecule has 0 spiro atoms. The molecule has 0 N–H and O–H groups in total. The van der Waals surface area contributed by atoms with Gasteiger partial charge in [0.25, 0.3) is 0 Å². The SMILES string of the molecule is CCC(C)C(C)n1c(CCl)nc2ccc(OC)nc21. The van der Waals surface area contributed by atoms with Gasteiger partial charge in [-0.15, -0.1) is 11.6 Å². The standard InChI is InChI=1S/C14H20ClN3O/c1-5-9(2)10(3)18-12(8-15)16-11-6-7-13(19-4)17-14(11)18/h6-7,9-10H,5,8H2,1-4H3. The number of pyridine rings is 1. The van der Waals surface area contributed by atoms with Gasteiger partial charge in [-0.05, 0) is 18.9 Å². The number of halogens is 1. The Hall–Kier alpha value is -1.29. The van der Waals surface area contributed by atoms with Crippen molar-refractivity contribution in [2.75, 3.05) is 7.11 Å². The van der Waals surface area contributed by atoms with Gasteiger partial charge in [-0.3, -0.25) is 0 Å².